The van der Waals surface area contributed by atoms with Gasteiger partial charge in [-0.2, -0.15) is 5.26 Å². The van der Waals surface area contributed by atoms with Crippen LogP contribution in [-0.2, 0) is 10.0 Å². The maximum Gasteiger partial charge on any atom is 0.273 e. The first kappa shape index (κ1) is 12.7. The molecular formula is C12H8N4O2S2. The van der Waals surface area contributed by atoms with Crippen molar-refractivity contribution in [1.29, 1.82) is 5.26 Å². The quantitative estimate of drug-likeness (QED) is 0.775. The summed E-state index contributed by atoms with van der Waals surface area (Å²) in [4.78, 5) is 7.37. The van der Waals surface area contributed by atoms with Gasteiger partial charge in [0, 0.05) is 0 Å². The monoisotopic (exact) mass is 304 g/mol. The summed E-state index contributed by atoms with van der Waals surface area (Å²) >= 11 is 0.913. The number of fused-ring (bicyclic) bond motifs is 1. The molecule has 0 unspecified atom stereocenters. The summed E-state index contributed by atoms with van der Waals surface area (Å²) in [5.41, 5.74) is 1.42. The topological polar surface area (TPSA) is 98.6 Å². The number of para-hydroxylation sites is 2. The summed E-state index contributed by atoms with van der Waals surface area (Å²) < 4.78 is 26.7. The lowest BCUT2D eigenvalue weighted by atomic mass is 10.3. The van der Waals surface area contributed by atoms with Crippen molar-refractivity contribution in [2.45, 2.75) is 4.21 Å². The number of thiophene rings is 1. The number of benzene rings is 1. The second-order valence-electron chi connectivity index (χ2n) is 3.94. The van der Waals surface area contributed by atoms with Crippen molar-refractivity contribution in [1.82, 2.24) is 9.97 Å². The molecule has 6 nitrogen and oxygen atoms in total. The highest BCUT2D eigenvalue weighted by molar-refractivity contribution is 7.94. The van der Waals surface area contributed by atoms with E-state index in [1.165, 1.54) is 12.1 Å². The van der Waals surface area contributed by atoms with E-state index in [0.717, 1.165) is 16.9 Å². The summed E-state index contributed by atoms with van der Waals surface area (Å²) in [5, 5.41) is 8.73. The zero-order valence-electron chi connectivity index (χ0n) is 9.99. The number of rotatable bonds is 3. The second kappa shape index (κ2) is 4.63. The lowest BCUT2D eigenvalue weighted by molar-refractivity contribution is 0.603. The van der Waals surface area contributed by atoms with Crippen LogP contribution in [0.1, 0.15) is 4.88 Å². The Bertz CT molecular complexity index is 885. The largest absolute Gasteiger partial charge is 0.323 e. The number of nitriles is 1. The van der Waals surface area contributed by atoms with Crippen LogP contribution in [0.4, 0.5) is 5.95 Å². The molecule has 8 heteroatoms. The molecule has 3 aromatic rings. The third kappa shape index (κ3) is 2.24. The van der Waals surface area contributed by atoms with Gasteiger partial charge in [0.15, 0.2) is 0 Å². The number of hydrogen-bond acceptors (Lipinski definition) is 5. The van der Waals surface area contributed by atoms with E-state index in [9.17, 15) is 8.42 Å². The van der Waals surface area contributed by atoms with Gasteiger partial charge in [-0.25, -0.2) is 18.1 Å². The Morgan fingerprint density at radius 2 is 2.05 bits per heavy atom. The van der Waals surface area contributed by atoms with Gasteiger partial charge in [0.05, 0.1) is 11.0 Å². The molecule has 0 saturated heterocycles. The maximum atomic E-state index is 12.1. The highest BCUT2D eigenvalue weighted by Gasteiger charge is 2.18. The van der Waals surface area contributed by atoms with E-state index < -0.39 is 10.0 Å². The van der Waals surface area contributed by atoms with Crippen molar-refractivity contribution in [3.63, 3.8) is 0 Å². The molecule has 0 aliphatic rings. The molecule has 3 rings (SSSR count). The number of anilines is 1. The zero-order chi connectivity index (χ0) is 14.2. The van der Waals surface area contributed by atoms with Crippen molar-refractivity contribution in [3.8, 4) is 6.07 Å². The Labute approximate surface area is 118 Å². The number of imidazole rings is 1. The van der Waals surface area contributed by atoms with Crippen LogP contribution in [-0.4, -0.2) is 18.4 Å². The van der Waals surface area contributed by atoms with Crippen LogP contribution in [0.3, 0.4) is 0 Å². The predicted octanol–water partition coefficient (Wildman–Crippen LogP) is 2.30. The molecule has 0 atom stereocenters. The first-order valence-electron chi connectivity index (χ1n) is 5.56. The van der Waals surface area contributed by atoms with Gasteiger partial charge in [-0.05, 0) is 24.3 Å². The molecule has 2 heterocycles. The molecule has 0 aliphatic carbocycles. The van der Waals surface area contributed by atoms with Gasteiger partial charge in [0.2, 0.25) is 5.95 Å². The Morgan fingerprint density at radius 3 is 2.75 bits per heavy atom. The third-order valence-corrected chi connectivity index (χ3v) is 5.40. The highest BCUT2D eigenvalue weighted by Crippen LogP contribution is 2.23. The molecule has 0 bridgehead atoms. The minimum absolute atomic E-state index is 0.0782. The van der Waals surface area contributed by atoms with E-state index in [1.807, 2.05) is 18.2 Å². The molecule has 0 fully saturated rings. The molecule has 0 spiro atoms. The minimum atomic E-state index is -3.73. The lowest BCUT2D eigenvalue weighted by Gasteiger charge is -2.01. The molecule has 0 saturated carbocycles. The maximum absolute atomic E-state index is 12.1. The van der Waals surface area contributed by atoms with Crippen molar-refractivity contribution in [2.75, 3.05) is 4.72 Å². The minimum Gasteiger partial charge on any atom is -0.323 e. The standard InChI is InChI=1S/C12H8N4O2S2/c13-7-8-5-6-11(19-8)20(17,18)16-12-14-9-3-1-2-4-10(9)15-12/h1-6H,(H2,14,15,16). The van der Waals surface area contributed by atoms with Crippen LogP contribution in [0.15, 0.2) is 40.6 Å². The number of nitrogens with one attached hydrogen (secondary N) is 2. The number of sulfonamides is 1. The van der Waals surface area contributed by atoms with Crippen LogP contribution >= 0.6 is 11.3 Å². The normalized spacial score (nSPS) is 11.3. The van der Waals surface area contributed by atoms with E-state index in [-0.39, 0.29) is 10.2 Å². The average Bonchev–Trinajstić information content (AvgIpc) is 3.04. The van der Waals surface area contributed by atoms with E-state index in [1.54, 1.807) is 12.1 Å². The van der Waals surface area contributed by atoms with Crippen molar-refractivity contribution in [2.24, 2.45) is 0 Å². The van der Waals surface area contributed by atoms with Crippen LogP contribution in [0.2, 0.25) is 0 Å². The van der Waals surface area contributed by atoms with Crippen LogP contribution in [0.5, 0.6) is 0 Å². The smallest absolute Gasteiger partial charge is 0.273 e. The Hall–Kier alpha value is -2.37. The van der Waals surface area contributed by atoms with Crippen molar-refractivity contribution < 1.29 is 8.42 Å². The van der Waals surface area contributed by atoms with Gasteiger partial charge in [-0.3, -0.25) is 0 Å². The molecule has 0 radical (unpaired) electrons. The van der Waals surface area contributed by atoms with Crippen LogP contribution in [0.25, 0.3) is 11.0 Å². The molecule has 2 N–H and O–H groups in total. The third-order valence-electron chi connectivity index (χ3n) is 2.58. The van der Waals surface area contributed by atoms with Crippen molar-refractivity contribution >= 4 is 38.3 Å². The lowest BCUT2D eigenvalue weighted by Crippen LogP contribution is -2.12. The molecule has 2 aromatic heterocycles. The highest BCUT2D eigenvalue weighted by atomic mass is 32.2. The molecule has 0 aliphatic heterocycles. The van der Waals surface area contributed by atoms with Crippen LogP contribution in [0, 0.1) is 11.3 Å². The Kier molecular flexibility index (Phi) is 2.93. The number of H-pyrrole nitrogens is 1. The summed E-state index contributed by atoms with van der Waals surface area (Å²) in [7, 11) is -3.73. The second-order valence-corrected chi connectivity index (χ2v) is 6.93. The van der Waals surface area contributed by atoms with E-state index >= 15 is 0 Å². The first-order chi connectivity index (χ1) is 9.58. The van der Waals surface area contributed by atoms with E-state index in [4.69, 9.17) is 5.26 Å². The molecule has 20 heavy (non-hydrogen) atoms. The molecule has 1 aromatic carbocycles. The molecule has 100 valence electrons. The van der Waals surface area contributed by atoms with E-state index in [2.05, 4.69) is 14.7 Å². The number of nitrogens with zero attached hydrogens (tertiary/aromatic N) is 2. The Morgan fingerprint density at radius 1 is 1.25 bits per heavy atom. The van der Waals surface area contributed by atoms with E-state index in [0.29, 0.717) is 10.4 Å². The van der Waals surface area contributed by atoms with Gasteiger partial charge in [-0.15, -0.1) is 11.3 Å². The fraction of sp³-hybridized carbons (Fsp3) is 0. The number of hydrogen-bond donors (Lipinski definition) is 2. The summed E-state index contributed by atoms with van der Waals surface area (Å²) in [6.45, 7) is 0. The fourth-order valence-corrected chi connectivity index (χ4v) is 3.77. The summed E-state index contributed by atoms with van der Waals surface area (Å²) in [6, 6.07) is 12.0. The predicted molar refractivity (Wildman–Crippen MR) is 75.9 cm³/mol. The SMILES string of the molecule is N#Cc1ccc(S(=O)(=O)Nc2nc3ccccc3[nH]2)s1. The molecular weight excluding hydrogens is 296 g/mol. The zero-order valence-corrected chi connectivity index (χ0v) is 11.6. The summed E-state index contributed by atoms with van der Waals surface area (Å²) in [5.74, 6) is 0.151. The van der Waals surface area contributed by atoms with Crippen molar-refractivity contribution in [3.05, 3.63) is 41.3 Å². The number of aromatic amines is 1. The Balaban J connectivity index is 1.95. The average molecular weight is 304 g/mol. The summed E-state index contributed by atoms with van der Waals surface area (Å²) in [6.07, 6.45) is 0. The van der Waals surface area contributed by atoms with Gasteiger partial charge >= 0.3 is 0 Å². The van der Waals surface area contributed by atoms with Crippen LogP contribution < -0.4 is 4.72 Å². The van der Waals surface area contributed by atoms with Gasteiger partial charge in [0.1, 0.15) is 15.2 Å². The van der Waals surface area contributed by atoms with Gasteiger partial charge < -0.3 is 4.98 Å². The van der Waals surface area contributed by atoms with Gasteiger partial charge in [-0.1, -0.05) is 12.1 Å². The first-order valence-corrected chi connectivity index (χ1v) is 7.86. The number of aromatic nitrogens is 2. The fourth-order valence-electron chi connectivity index (χ4n) is 1.70. The van der Waals surface area contributed by atoms with Gasteiger partial charge in [0.25, 0.3) is 10.0 Å². The molecule has 0 amide bonds.